The van der Waals surface area contributed by atoms with Gasteiger partial charge in [0, 0.05) is 18.8 Å². The minimum atomic E-state index is 0.459. The number of hydrogen-bond donors (Lipinski definition) is 0. The zero-order valence-corrected chi connectivity index (χ0v) is 15.2. The Bertz CT molecular complexity index is 693. The van der Waals surface area contributed by atoms with Gasteiger partial charge in [-0.25, -0.2) is 0 Å². The van der Waals surface area contributed by atoms with Crippen LogP contribution in [0.25, 0.3) is 0 Å². The van der Waals surface area contributed by atoms with Crippen LogP contribution in [0.2, 0.25) is 0 Å². The number of rotatable bonds is 8. The van der Waals surface area contributed by atoms with Crippen molar-refractivity contribution in [2.75, 3.05) is 13.2 Å². The Morgan fingerprint density at radius 1 is 0.840 bits per heavy atom. The van der Waals surface area contributed by atoms with Gasteiger partial charge in [-0.05, 0) is 51.0 Å². The standard InChI is InChI=1S/C19H24N4O2/c1-14-8-5-10-20-18(14)16(3)22-24-12-7-13-25-23-17(4)19-15(2)9-6-11-21-19/h5-6,8-11H,7,12-13H2,1-4H3/b22-16+,23-17+. The molecule has 0 atom stereocenters. The molecule has 6 heteroatoms. The van der Waals surface area contributed by atoms with Gasteiger partial charge in [-0.2, -0.15) is 0 Å². The lowest BCUT2D eigenvalue weighted by molar-refractivity contribution is 0.0899. The van der Waals surface area contributed by atoms with Crippen LogP contribution in [0.4, 0.5) is 0 Å². The molecule has 0 unspecified atom stereocenters. The Kier molecular flexibility index (Phi) is 7.07. The maximum absolute atomic E-state index is 5.32. The second-order valence-corrected chi connectivity index (χ2v) is 5.71. The molecule has 0 bridgehead atoms. The first-order valence-electron chi connectivity index (χ1n) is 8.26. The third-order valence-corrected chi connectivity index (χ3v) is 3.58. The summed E-state index contributed by atoms with van der Waals surface area (Å²) in [4.78, 5) is 19.3. The van der Waals surface area contributed by atoms with Gasteiger partial charge in [-0.3, -0.25) is 9.97 Å². The summed E-state index contributed by atoms with van der Waals surface area (Å²) in [5.41, 5.74) is 5.38. The molecule has 0 saturated carbocycles. The molecule has 0 aromatic carbocycles. The summed E-state index contributed by atoms with van der Waals surface area (Å²) in [6, 6.07) is 7.80. The van der Waals surface area contributed by atoms with Crippen molar-refractivity contribution in [1.29, 1.82) is 0 Å². The maximum atomic E-state index is 5.32. The molecular formula is C19H24N4O2. The summed E-state index contributed by atoms with van der Waals surface area (Å²) in [7, 11) is 0. The first kappa shape index (κ1) is 18.6. The Morgan fingerprint density at radius 3 is 1.68 bits per heavy atom. The second kappa shape index (κ2) is 9.52. The van der Waals surface area contributed by atoms with Crippen LogP contribution in [-0.4, -0.2) is 34.6 Å². The van der Waals surface area contributed by atoms with E-state index in [1.165, 1.54) is 0 Å². The van der Waals surface area contributed by atoms with E-state index in [0.29, 0.717) is 19.6 Å². The Labute approximate surface area is 148 Å². The van der Waals surface area contributed by atoms with Crippen LogP contribution in [-0.2, 0) is 9.68 Å². The van der Waals surface area contributed by atoms with E-state index < -0.39 is 0 Å². The van der Waals surface area contributed by atoms with E-state index in [-0.39, 0.29) is 0 Å². The molecule has 0 spiro atoms. The van der Waals surface area contributed by atoms with E-state index in [2.05, 4.69) is 20.3 Å². The summed E-state index contributed by atoms with van der Waals surface area (Å²) in [6.45, 7) is 8.68. The van der Waals surface area contributed by atoms with Crippen molar-refractivity contribution in [2.24, 2.45) is 10.3 Å². The van der Waals surface area contributed by atoms with Crippen molar-refractivity contribution in [3.8, 4) is 0 Å². The SMILES string of the molecule is C/C(=N\OCCCO/N=C(\C)c1ncccc1C)c1ncccc1C. The van der Waals surface area contributed by atoms with Crippen LogP contribution >= 0.6 is 0 Å². The molecule has 2 heterocycles. The summed E-state index contributed by atoms with van der Waals surface area (Å²) >= 11 is 0. The van der Waals surface area contributed by atoms with Gasteiger partial charge in [0.05, 0.1) is 11.4 Å². The Hall–Kier alpha value is -2.76. The van der Waals surface area contributed by atoms with Crippen LogP contribution in [0.5, 0.6) is 0 Å². The predicted octanol–water partition coefficient (Wildman–Crippen LogP) is 3.66. The normalized spacial score (nSPS) is 12.2. The number of pyridine rings is 2. The lowest BCUT2D eigenvalue weighted by Crippen LogP contribution is -2.04. The summed E-state index contributed by atoms with van der Waals surface area (Å²) in [5, 5.41) is 8.20. The first-order chi connectivity index (χ1) is 12.1. The second-order valence-electron chi connectivity index (χ2n) is 5.71. The molecule has 0 radical (unpaired) electrons. The molecule has 0 saturated heterocycles. The predicted molar refractivity (Wildman–Crippen MR) is 98.9 cm³/mol. The van der Waals surface area contributed by atoms with E-state index in [9.17, 15) is 0 Å². The number of aryl methyl sites for hydroxylation is 2. The highest BCUT2D eigenvalue weighted by atomic mass is 16.6. The minimum absolute atomic E-state index is 0.459. The Morgan fingerprint density at radius 2 is 1.28 bits per heavy atom. The van der Waals surface area contributed by atoms with Gasteiger partial charge in [0.2, 0.25) is 0 Å². The van der Waals surface area contributed by atoms with E-state index >= 15 is 0 Å². The van der Waals surface area contributed by atoms with Crippen molar-refractivity contribution < 1.29 is 9.68 Å². The highest BCUT2D eigenvalue weighted by Crippen LogP contribution is 2.06. The van der Waals surface area contributed by atoms with Gasteiger partial charge < -0.3 is 9.68 Å². The van der Waals surface area contributed by atoms with Gasteiger partial charge in [0.15, 0.2) is 0 Å². The molecule has 0 aliphatic heterocycles. The fourth-order valence-electron chi connectivity index (χ4n) is 2.29. The van der Waals surface area contributed by atoms with Crippen molar-refractivity contribution in [3.63, 3.8) is 0 Å². The monoisotopic (exact) mass is 340 g/mol. The zero-order valence-electron chi connectivity index (χ0n) is 15.2. The highest BCUT2D eigenvalue weighted by molar-refractivity contribution is 5.98. The quantitative estimate of drug-likeness (QED) is 0.418. The van der Waals surface area contributed by atoms with Crippen molar-refractivity contribution in [3.05, 3.63) is 59.2 Å². The molecule has 2 rings (SSSR count). The molecule has 2 aromatic rings. The third-order valence-electron chi connectivity index (χ3n) is 3.58. The van der Waals surface area contributed by atoms with Gasteiger partial charge in [0.25, 0.3) is 0 Å². The molecule has 132 valence electrons. The van der Waals surface area contributed by atoms with Gasteiger partial charge in [-0.1, -0.05) is 22.4 Å². The first-order valence-corrected chi connectivity index (χ1v) is 8.26. The molecule has 25 heavy (non-hydrogen) atoms. The van der Waals surface area contributed by atoms with Crippen molar-refractivity contribution in [2.45, 2.75) is 34.1 Å². The summed E-state index contributed by atoms with van der Waals surface area (Å²) in [5.74, 6) is 0. The maximum Gasteiger partial charge on any atom is 0.120 e. The molecule has 6 nitrogen and oxygen atoms in total. The largest absolute Gasteiger partial charge is 0.395 e. The Balaban J connectivity index is 1.72. The van der Waals surface area contributed by atoms with Gasteiger partial charge in [0.1, 0.15) is 24.6 Å². The van der Waals surface area contributed by atoms with Crippen molar-refractivity contribution in [1.82, 2.24) is 9.97 Å². The topological polar surface area (TPSA) is 69.0 Å². The molecule has 0 N–H and O–H groups in total. The molecular weight excluding hydrogens is 316 g/mol. The minimum Gasteiger partial charge on any atom is -0.395 e. The van der Waals surface area contributed by atoms with Crippen LogP contribution in [0.3, 0.4) is 0 Å². The van der Waals surface area contributed by atoms with Gasteiger partial charge >= 0.3 is 0 Å². The van der Waals surface area contributed by atoms with Crippen LogP contribution in [0, 0.1) is 13.8 Å². The van der Waals surface area contributed by atoms with E-state index in [4.69, 9.17) is 9.68 Å². The zero-order chi connectivity index (χ0) is 18.1. The van der Waals surface area contributed by atoms with Crippen LogP contribution < -0.4 is 0 Å². The molecule has 0 aliphatic carbocycles. The van der Waals surface area contributed by atoms with E-state index in [1.807, 2.05) is 52.0 Å². The number of aromatic nitrogens is 2. The molecule has 0 amide bonds. The third kappa shape index (κ3) is 5.67. The molecule has 0 fully saturated rings. The smallest absolute Gasteiger partial charge is 0.120 e. The number of nitrogens with zero attached hydrogens (tertiary/aromatic N) is 4. The fraction of sp³-hybridized carbons (Fsp3) is 0.368. The van der Waals surface area contributed by atoms with E-state index in [1.54, 1.807) is 12.4 Å². The van der Waals surface area contributed by atoms with E-state index in [0.717, 1.165) is 33.9 Å². The molecule has 0 aliphatic rings. The number of hydrogen-bond acceptors (Lipinski definition) is 6. The molecule has 2 aromatic heterocycles. The lowest BCUT2D eigenvalue weighted by atomic mass is 10.1. The van der Waals surface area contributed by atoms with Crippen molar-refractivity contribution >= 4 is 11.4 Å². The average Bonchev–Trinajstić information content (AvgIpc) is 2.61. The average molecular weight is 340 g/mol. The van der Waals surface area contributed by atoms with Crippen LogP contribution in [0.15, 0.2) is 47.0 Å². The summed E-state index contributed by atoms with van der Waals surface area (Å²) in [6.07, 6.45) is 4.19. The number of oxime groups is 2. The highest BCUT2D eigenvalue weighted by Gasteiger charge is 2.04. The fourth-order valence-corrected chi connectivity index (χ4v) is 2.29. The van der Waals surface area contributed by atoms with Gasteiger partial charge in [-0.15, -0.1) is 0 Å². The lowest BCUT2D eigenvalue weighted by Gasteiger charge is -2.05. The van der Waals surface area contributed by atoms with Crippen LogP contribution in [0.1, 0.15) is 42.8 Å². The summed E-state index contributed by atoms with van der Waals surface area (Å²) < 4.78 is 0.